The maximum absolute atomic E-state index is 12.3. The third kappa shape index (κ3) is 4.75. The van der Waals surface area contributed by atoms with Gasteiger partial charge in [0, 0.05) is 51.2 Å². The SMILES string of the molecule is COCCN1CCN(c2ccc(NC(=O)c3ccccc3Cl)cc2)CC1. The maximum Gasteiger partial charge on any atom is 0.257 e. The first-order chi connectivity index (χ1) is 12.7. The topological polar surface area (TPSA) is 44.8 Å². The summed E-state index contributed by atoms with van der Waals surface area (Å²) in [6.07, 6.45) is 0. The lowest BCUT2D eigenvalue weighted by Crippen LogP contribution is -2.47. The minimum absolute atomic E-state index is 0.199. The average Bonchev–Trinajstić information content (AvgIpc) is 2.68. The molecule has 0 radical (unpaired) electrons. The van der Waals surface area contributed by atoms with E-state index in [-0.39, 0.29) is 5.91 Å². The minimum Gasteiger partial charge on any atom is -0.383 e. The van der Waals surface area contributed by atoms with Gasteiger partial charge in [-0.2, -0.15) is 0 Å². The number of nitrogens with one attached hydrogen (secondary N) is 1. The van der Waals surface area contributed by atoms with Crippen LogP contribution in [0.15, 0.2) is 48.5 Å². The van der Waals surface area contributed by atoms with E-state index in [4.69, 9.17) is 16.3 Å². The van der Waals surface area contributed by atoms with Gasteiger partial charge in [-0.25, -0.2) is 0 Å². The number of nitrogens with zero attached hydrogens (tertiary/aromatic N) is 2. The van der Waals surface area contributed by atoms with E-state index in [2.05, 4.69) is 15.1 Å². The van der Waals surface area contributed by atoms with E-state index in [1.165, 1.54) is 5.69 Å². The molecule has 0 spiro atoms. The molecule has 1 heterocycles. The highest BCUT2D eigenvalue weighted by Crippen LogP contribution is 2.21. The van der Waals surface area contributed by atoms with Gasteiger partial charge >= 0.3 is 0 Å². The summed E-state index contributed by atoms with van der Waals surface area (Å²) in [6.45, 7) is 5.82. The number of ether oxygens (including phenoxy) is 1. The van der Waals surface area contributed by atoms with Gasteiger partial charge in [-0.1, -0.05) is 23.7 Å². The van der Waals surface area contributed by atoms with Crippen molar-refractivity contribution in [1.29, 1.82) is 0 Å². The Labute approximate surface area is 159 Å². The molecule has 0 unspecified atom stereocenters. The quantitative estimate of drug-likeness (QED) is 0.843. The molecule has 26 heavy (non-hydrogen) atoms. The number of halogens is 1. The number of benzene rings is 2. The van der Waals surface area contributed by atoms with Gasteiger partial charge in [0.25, 0.3) is 5.91 Å². The van der Waals surface area contributed by atoms with Gasteiger partial charge < -0.3 is 15.0 Å². The van der Waals surface area contributed by atoms with Gasteiger partial charge in [0.1, 0.15) is 0 Å². The molecule has 5 nitrogen and oxygen atoms in total. The molecule has 0 saturated carbocycles. The van der Waals surface area contributed by atoms with E-state index in [9.17, 15) is 4.79 Å². The van der Waals surface area contributed by atoms with Crippen LogP contribution < -0.4 is 10.2 Å². The van der Waals surface area contributed by atoms with E-state index in [1.54, 1.807) is 25.3 Å². The van der Waals surface area contributed by atoms with E-state index in [0.717, 1.165) is 45.0 Å². The molecule has 1 aliphatic heterocycles. The number of hydrogen-bond donors (Lipinski definition) is 1. The molecule has 1 amide bonds. The summed E-state index contributed by atoms with van der Waals surface area (Å²) < 4.78 is 5.14. The molecule has 138 valence electrons. The van der Waals surface area contributed by atoms with Crippen molar-refractivity contribution in [2.45, 2.75) is 0 Å². The van der Waals surface area contributed by atoms with Crippen molar-refractivity contribution in [2.75, 3.05) is 56.7 Å². The fourth-order valence-corrected chi connectivity index (χ4v) is 3.27. The Balaban J connectivity index is 1.56. The Hall–Kier alpha value is -2.08. The summed E-state index contributed by atoms with van der Waals surface area (Å²) in [7, 11) is 1.74. The fraction of sp³-hybridized carbons (Fsp3) is 0.350. The van der Waals surface area contributed by atoms with Crippen molar-refractivity contribution in [2.24, 2.45) is 0 Å². The summed E-state index contributed by atoms with van der Waals surface area (Å²) in [5.41, 5.74) is 2.41. The molecule has 1 aliphatic rings. The van der Waals surface area contributed by atoms with Crippen LogP contribution in [0.4, 0.5) is 11.4 Å². The van der Waals surface area contributed by atoms with E-state index < -0.39 is 0 Å². The Bertz CT molecular complexity index is 728. The lowest BCUT2D eigenvalue weighted by molar-refractivity contribution is 0.102. The van der Waals surface area contributed by atoms with Crippen molar-refractivity contribution in [3.8, 4) is 0 Å². The van der Waals surface area contributed by atoms with Crippen LogP contribution in [0.1, 0.15) is 10.4 Å². The smallest absolute Gasteiger partial charge is 0.257 e. The molecule has 1 saturated heterocycles. The predicted molar refractivity (Wildman–Crippen MR) is 106 cm³/mol. The monoisotopic (exact) mass is 373 g/mol. The number of carbonyl (C=O) groups is 1. The van der Waals surface area contributed by atoms with Crippen molar-refractivity contribution in [1.82, 2.24) is 4.90 Å². The van der Waals surface area contributed by atoms with Crippen LogP contribution in [-0.4, -0.2) is 57.2 Å². The standard InChI is InChI=1S/C20H24ClN3O2/c1-26-15-14-23-10-12-24(13-11-23)17-8-6-16(7-9-17)22-20(25)18-4-2-3-5-19(18)21/h2-9H,10-15H2,1H3,(H,22,25). The van der Waals surface area contributed by atoms with Crippen LogP contribution in [-0.2, 0) is 4.74 Å². The lowest BCUT2D eigenvalue weighted by Gasteiger charge is -2.36. The van der Waals surface area contributed by atoms with Crippen LogP contribution in [0.2, 0.25) is 5.02 Å². The summed E-state index contributed by atoms with van der Waals surface area (Å²) in [5.74, 6) is -0.199. The molecule has 0 aromatic heterocycles. The number of methoxy groups -OCH3 is 1. The number of piperazine rings is 1. The summed E-state index contributed by atoms with van der Waals surface area (Å²) >= 11 is 6.08. The van der Waals surface area contributed by atoms with Crippen LogP contribution in [0.5, 0.6) is 0 Å². The van der Waals surface area contributed by atoms with Gasteiger partial charge in [-0.05, 0) is 36.4 Å². The number of anilines is 2. The Morgan fingerprint density at radius 1 is 1.08 bits per heavy atom. The van der Waals surface area contributed by atoms with Crippen molar-refractivity contribution < 1.29 is 9.53 Å². The average molecular weight is 374 g/mol. The molecule has 2 aromatic carbocycles. The van der Waals surface area contributed by atoms with Gasteiger partial charge in [0.2, 0.25) is 0 Å². The molecule has 3 rings (SSSR count). The Kier molecular flexibility index (Phi) is 6.50. The number of amides is 1. The third-order valence-corrected chi connectivity index (χ3v) is 4.92. The van der Waals surface area contributed by atoms with Gasteiger partial charge in [-0.3, -0.25) is 9.69 Å². The first kappa shape index (κ1) is 18.7. The van der Waals surface area contributed by atoms with E-state index in [1.807, 2.05) is 30.3 Å². The van der Waals surface area contributed by atoms with Crippen LogP contribution in [0.25, 0.3) is 0 Å². The van der Waals surface area contributed by atoms with Crippen LogP contribution in [0.3, 0.4) is 0 Å². The van der Waals surface area contributed by atoms with Crippen molar-refractivity contribution in [3.63, 3.8) is 0 Å². The molecule has 6 heteroatoms. The third-order valence-electron chi connectivity index (χ3n) is 4.59. The maximum atomic E-state index is 12.3. The van der Waals surface area contributed by atoms with Crippen molar-refractivity contribution >= 4 is 28.9 Å². The number of hydrogen-bond acceptors (Lipinski definition) is 4. The van der Waals surface area contributed by atoms with E-state index in [0.29, 0.717) is 10.6 Å². The van der Waals surface area contributed by atoms with Crippen LogP contribution >= 0.6 is 11.6 Å². The highest BCUT2D eigenvalue weighted by Gasteiger charge is 2.17. The molecular weight excluding hydrogens is 350 g/mol. The number of carbonyl (C=O) groups excluding carboxylic acids is 1. The molecule has 1 N–H and O–H groups in total. The van der Waals surface area contributed by atoms with E-state index >= 15 is 0 Å². The first-order valence-electron chi connectivity index (χ1n) is 8.79. The summed E-state index contributed by atoms with van der Waals surface area (Å²) in [6, 6.07) is 15.0. The molecule has 0 aliphatic carbocycles. The highest BCUT2D eigenvalue weighted by atomic mass is 35.5. The largest absolute Gasteiger partial charge is 0.383 e. The van der Waals surface area contributed by atoms with Gasteiger partial charge in [-0.15, -0.1) is 0 Å². The summed E-state index contributed by atoms with van der Waals surface area (Å²) in [5, 5.41) is 3.35. The predicted octanol–water partition coefficient (Wildman–Crippen LogP) is 3.36. The second-order valence-corrected chi connectivity index (χ2v) is 6.71. The Morgan fingerprint density at radius 3 is 2.42 bits per heavy atom. The highest BCUT2D eigenvalue weighted by molar-refractivity contribution is 6.34. The first-order valence-corrected chi connectivity index (χ1v) is 9.17. The molecule has 0 bridgehead atoms. The zero-order valence-corrected chi connectivity index (χ0v) is 15.7. The normalized spacial score (nSPS) is 15.1. The molecular formula is C20H24ClN3O2. The zero-order valence-electron chi connectivity index (χ0n) is 15.0. The molecule has 1 fully saturated rings. The zero-order chi connectivity index (χ0) is 18.4. The second kappa shape index (κ2) is 9.03. The molecule has 2 aromatic rings. The lowest BCUT2D eigenvalue weighted by atomic mass is 10.2. The minimum atomic E-state index is -0.199. The van der Waals surface area contributed by atoms with Crippen molar-refractivity contribution in [3.05, 3.63) is 59.1 Å². The van der Waals surface area contributed by atoms with Gasteiger partial charge in [0.15, 0.2) is 0 Å². The second-order valence-electron chi connectivity index (χ2n) is 6.30. The fourth-order valence-electron chi connectivity index (χ4n) is 3.05. The molecule has 0 atom stereocenters. The van der Waals surface area contributed by atoms with Gasteiger partial charge in [0.05, 0.1) is 17.2 Å². The Morgan fingerprint density at radius 2 is 1.77 bits per heavy atom. The summed E-state index contributed by atoms with van der Waals surface area (Å²) in [4.78, 5) is 17.1. The van der Waals surface area contributed by atoms with Crippen LogP contribution in [0, 0.1) is 0 Å². The number of rotatable bonds is 6.